The first-order valence-electron chi connectivity index (χ1n) is 6.62. The highest BCUT2D eigenvalue weighted by atomic mass is 32.2. The number of nitrogens with one attached hydrogen (secondary N) is 1. The first-order valence-corrected chi connectivity index (χ1v) is 8.82. The van der Waals surface area contributed by atoms with Crippen LogP contribution in [0.15, 0.2) is 24.3 Å². The minimum atomic E-state index is -0.916. The van der Waals surface area contributed by atoms with E-state index in [9.17, 15) is 4.79 Å². The molecule has 2 rings (SSSR count). The van der Waals surface area contributed by atoms with Crippen LogP contribution in [0.5, 0.6) is 5.75 Å². The number of carboxylic acid groups (broad SMARTS) is 1. The lowest BCUT2D eigenvalue weighted by Gasteiger charge is -2.21. The van der Waals surface area contributed by atoms with E-state index in [0.717, 1.165) is 13.1 Å². The summed E-state index contributed by atoms with van der Waals surface area (Å²) in [5.41, 5.74) is 0.280. The average molecular weight is 313 g/mol. The Morgan fingerprint density at radius 3 is 2.80 bits per heavy atom. The van der Waals surface area contributed by atoms with Gasteiger partial charge in [-0.05, 0) is 24.3 Å². The summed E-state index contributed by atoms with van der Waals surface area (Å²) in [7, 11) is 0. The lowest BCUT2D eigenvalue weighted by atomic mass is 10.2. The second-order valence-electron chi connectivity index (χ2n) is 4.45. The van der Waals surface area contributed by atoms with Crippen molar-refractivity contribution in [1.29, 1.82) is 0 Å². The second kappa shape index (κ2) is 8.44. The molecule has 1 saturated heterocycles. The number of rotatable bonds is 7. The summed E-state index contributed by atoms with van der Waals surface area (Å²) >= 11 is 4.07. The van der Waals surface area contributed by atoms with Crippen LogP contribution in [0.4, 0.5) is 0 Å². The Morgan fingerprint density at radius 2 is 2.15 bits per heavy atom. The van der Waals surface area contributed by atoms with Gasteiger partial charge in [-0.2, -0.15) is 23.5 Å². The van der Waals surface area contributed by atoms with Crippen LogP contribution in [0.25, 0.3) is 0 Å². The largest absolute Gasteiger partial charge is 0.492 e. The van der Waals surface area contributed by atoms with Gasteiger partial charge in [0.2, 0.25) is 0 Å². The second-order valence-corrected chi connectivity index (χ2v) is 7.01. The van der Waals surface area contributed by atoms with Gasteiger partial charge in [0.25, 0.3) is 0 Å². The van der Waals surface area contributed by atoms with Crippen LogP contribution in [-0.4, -0.2) is 53.3 Å². The molecule has 4 nitrogen and oxygen atoms in total. The SMILES string of the molecule is O=C(O)c1ccc(OCCNCC2CSCCS2)cc1. The molecule has 1 heterocycles. The highest BCUT2D eigenvalue weighted by Gasteiger charge is 2.13. The predicted octanol–water partition coefficient (Wildman–Crippen LogP) is 2.20. The minimum Gasteiger partial charge on any atom is -0.492 e. The number of aromatic carboxylic acids is 1. The summed E-state index contributed by atoms with van der Waals surface area (Å²) in [6, 6.07) is 6.50. The molecule has 0 aromatic heterocycles. The number of carbonyl (C=O) groups is 1. The summed E-state index contributed by atoms with van der Waals surface area (Å²) in [5.74, 6) is 3.55. The van der Waals surface area contributed by atoms with Crippen molar-refractivity contribution in [2.75, 3.05) is 37.0 Å². The molecule has 110 valence electrons. The maximum Gasteiger partial charge on any atom is 0.335 e. The molecule has 20 heavy (non-hydrogen) atoms. The van der Waals surface area contributed by atoms with Crippen molar-refractivity contribution in [3.8, 4) is 5.75 Å². The Balaban J connectivity index is 1.59. The van der Waals surface area contributed by atoms with Crippen LogP contribution in [0, 0.1) is 0 Å². The predicted molar refractivity (Wildman–Crippen MR) is 85.3 cm³/mol. The summed E-state index contributed by atoms with van der Waals surface area (Å²) in [4.78, 5) is 10.7. The van der Waals surface area contributed by atoms with E-state index in [1.807, 2.05) is 23.5 Å². The van der Waals surface area contributed by atoms with E-state index >= 15 is 0 Å². The summed E-state index contributed by atoms with van der Waals surface area (Å²) in [5, 5.41) is 12.9. The molecule has 2 N–H and O–H groups in total. The average Bonchev–Trinajstić information content (AvgIpc) is 2.48. The van der Waals surface area contributed by atoms with Crippen molar-refractivity contribution in [2.45, 2.75) is 5.25 Å². The van der Waals surface area contributed by atoms with Gasteiger partial charge < -0.3 is 15.2 Å². The molecule has 1 aliphatic rings. The van der Waals surface area contributed by atoms with Crippen LogP contribution >= 0.6 is 23.5 Å². The standard InChI is InChI=1S/C14H19NO3S2/c16-14(17)11-1-3-12(4-2-11)18-6-5-15-9-13-10-19-7-8-20-13/h1-4,13,15H,5-10H2,(H,16,17). The molecule has 0 saturated carbocycles. The van der Waals surface area contributed by atoms with Crippen molar-refractivity contribution >= 4 is 29.5 Å². The molecular weight excluding hydrogens is 294 g/mol. The molecule has 1 aliphatic heterocycles. The third-order valence-electron chi connectivity index (χ3n) is 2.91. The van der Waals surface area contributed by atoms with Gasteiger partial charge in [0.05, 0.1) is 5.56 Å². The van der Waals surface area contributed by atoms with Gasteiger partial charge in [-0.25, -0.2) is 4.79 Å². The summed E-state index contributed by atoms with van der Waals surface area (Å²) < 4.78 is 5.56. The Labute approximate surface area is 127 Å². The van der Waals surface area contributed by atoms with E-state index in [1.165, 1.54) is 17.3 Å². The van der Waals surface area contributed by atoms with Crippen molar-refractivity contribution in [3.05, 3.63) is 29.8 Å². The number of benzene rings is 1. The normalized spacial score (nSPS) is 18.7. The van der Waals surface area contributed by atoms with Gasteiger partial charge in [-0.1, -0.05) is 0 Å². The third kappa shape index (κ3) is 5.26. The Bertz CT molecular complexity index is 419. The monoisotopic (exact) mass is 313 g/mol. The zero-order valence-electron chi connectivity index (χ0n) is 11.2. The molecule has 0 bridgehead atoms. The zero-order chi connectivity index (χ0) is 14.2. The van der Waals surface area contributed by atoms with E-state index in [-0.39, 0.29) is 5.56 Å². The Morgan fingerprint density at radius 1 is 1.35 bits per heavy atom. The van der Waals surface area contributed by atoms with Crippen LogP contribution in [0.1, 0.15) is 10.4 Å². The van der Waals surface area contributed by atoms with Gasteiger partial charge in [0.1, 0.15) is 12.4 Å². The minimum absolute atomic E-state index is 0.280. The molecule has 0 radical (unpaired) electrons. The highest BCUT2D eigenvalue weighted by molar-refractivity contribution is 8.06. The molecule has 6 heteroatoms. The smallest absolute Gasteiger partial charge is 0.335 e. The molecule has 1 unspecified atom stereocenters. The number of hydrogen-bond donors (Lipinski definition) is 2. The molecule has 1 aromatic rings. The molecule has 1 aromatic carbocycles. The maximum atomic E-state index is 10.7. The topological polar surface area (TPSA) is 58.6 Å². The fraction of sp³-hybridized carbons (Fsp3) is 0.500. The van der Waals surface area contributed by atoms with E-state index in [1.54, 1.807) is 24.3 Å². The van der Waals surface area contributed by atoms with E-state index in [4.69, 9.17) is 9.84 Å². The zero-order valence-corrected chi connectivity index (χ0v) is 12.8. The molecule has 0 aliphatic carbocycles. The van der Waals surface area contributed by atoms with Crippen molar-refractivity contribution in [1.82, 2.24) is 5.32 Å². The van der Waals surface area contributed by atoms with Gasteiger partial charge in [0, 0.05) is 35.6 Å². The maximum absolute atomic E-state index is 10.7. The van der Waals surface area contributed by atoms with Crippen molar-refractivity contribution in [3.63, 3.8) is 0 Å². The molecule has 0 amide bonds. The van der Waals surface area contributed by atoms with Crippen molar-refractivity contribution in [2.24, 2.45) is 0 Å². The highest BCUT2D eigenvalue weighted by Crippen LogP contribution is 2.23. The van der Waals surface area contributed by atoms with Crippen LogP contribution in [-0.2, 0) is 0 Å². The molecular formula is C14H19NO3S2. The quantitative estimate of drug-likeness (QED) is 0.753. The number of hydrogen-bond acceptors (Lipinski definition) is 5. The molecule has 1 atom stereocenters. The first kappa shape index (κ1) is 15.5. The summed E-state index contributed by atoms with van der Waals surface area (Å²) in [6.07, 6.45) is 0. The van der Waals surface area contributed by atoms with Crippen LogP contribution in [0.2, 0.25) is 0 Å². The van der Waals surface area contributed by atoms with Gasteiger partial charge in [-0.3, -0.25) is 0 Å². The fourth-order valence-corrected chi connectivity index (χ4v) is 4.50. The van der Waals surface area contributed by atoms with Gasteiger partial charge in [0.15, 0.2) is 0 Å². The number of ether oxygens (including phenoxy) is 1. The lowest BCUT2D eigenvalue weighted by Crippen LogP contribution is -2.31. The Kier molecular flexibility index (Phi) is 6.56. The van der Waals surface area contributed by atoms with Gasteiger partial charge in [-0.15, -0.1) is 0 Å². The van der Waals surface area contributed by atoms with E-state index in [0.29, 0.717) is 17.6 Å². The van der Waals surface area contributed by atoms with Crippen LogP contribution in [0.3, 0.4) is 0 Å². The molecule has 1 fully saturated rings. The molecule has 0 spiro atoms. The Hall–Kier alpha value is -0.850. The van der Waals surface area contributed by atoms with Crippen LogP contribution < -0.4 is 10.1 Å². The first-order chi connectivity index (χ1) is 9.75. The fourth-order valence-electron chi connectivity index (χ4n) is 1.85. The number of thioether (sulfide) groups is 2. The third-order valence-corrected chi connectivity index (χ3v) is 5.75. The van der Waals surface area contributed by atoms with Gasteiger partial charge >= 0.3 is 5.97 Å². The van der Waals surface area contributed by atoms with E-state index < -0.39 is 5.97 Å². The lowest BCUT2D eigenvalue weighted by molar-refractivity contribution is 0.0697. The summed E-state index contributed by atoms with van der Waals surface area (Å²) in [6.45, 7) is 2.43. The van der Waals surface area contributed by atoms with Crippen molar-refractivity contribution < 1.29 is 14.6 Å². The van der Waals surface area contributed by atoms with E-state index in [2.05, 4.69) is 5.32 Å². The number of carboxylic acids is 1.